The number of aromatic nitrogens is 1. The van der Waals surface area contributed by atoms with E-state index >= 15 is 0 Å². The number of benzene rings is 1. The summed E-state index contributed by atoms with van der Waals surface area (Å²) in [5.41, 5.74) is 28.7. The number of carbonyl (C=O) groups excluding carboxylic acids is 2. The third-order valence-corrected chi connectivity index (χ3v) is 4.16. The molecule has 1 atom stereocenters. The van der Waals surface area contributed by atoms with E-state index in [4.69, 9.17) is 38.1 Å². The average Bonchev–Trinajstić information content (AvgIpc) is 2.78. The molecule has 0 bridgehead atoms. The summed E-state index contributed by atoms with van der Waals surface area (Å²) in [7, 11) is 0. The van der Waals surface area contributed by atoms with E-state index in [2.05, 4.69) is 15.6 Å². The molecule has 1 aromatic heterocycles. The lowest BCUT2D eigenvalue weighted by Gasteiger charge is -2.12. The molecule has 12 nitrogen and oxygen atoms in total. The predicted molar refractivity (Wildman–Crippen MR) is 129 cm³/mol. The lowest BCUT2D eigenvalue weighted by Crippen LogP contribution is -2.35. The van der Waals surface area contributed by atoms with Gasteiger partial charge >= 0.3 is 6.09 Å². The van der Waals surface area contributed by atoms with Gasteiger partial charge in [0.25, 0.3) is 0 Å². The number of unbranched alkanes of at least 4 members (excludes halogenated alkanes) is 1. The van der Waals surface area contributed by atoms with Gasteiger partial charge in [0.2, 0.25) is 12.7 Å². The molecule has 2 amide bonds. The molecule has 2 aromatic rings. The molecular formula is C21H34N8O4. The predicted octanol–water partition coefficient (Wildman–Crippen LogP) is 0.992. The van der Waals surface area contributed by atoms with Crippen LogP contribution in [0.5, 0.6) is 5.75 Å². The fourth-order valence-corrected chi connectivity index (χ4v) is 2.37. The Kier molecular flexibility index (Phi) is 12.5. The van der Waals surface area contributed by atoms with Crippen molar-refractivity contribution < 1.29 is 19.1 Å². The molecule has 0 aliphatic carbocycles. The zero-order valence-electron chi connectivity index (χ0n) is 18.8. The highest BCUT2D eigenvalue weighted by atomic mass is 16.7. The van der Waals surface area contributed by atoms with Crippen LogP contribution in [0.15, 0.2) is 36.4 Å². The van der Waals surface area contributed by atoms with Gasteiger partial charge < -0.3 is 48.8 Å². The number of nitrogens with zero attached hydrogens (tertiary/aromatic N) is 1. The quantitative estimate of drug-likeness (QED) is 0.151. The molecule has 0 spiro atoms. The first-order chi connectivity index (χ1) is 15.8. The molecule has 12 heteroatoms. The van der Waals surface area contributed by atoms with Crippen molar-refractivity contribution >= 4 is 35.0 Å². The second-order valence-corrected chi connectivity index (χ2v) is 6.81. The van der Waals surface area contributed by atoms with Gasteiger partial charge in [-0.05, 0) is 50.6 Å². The number of alkyl carbamates (subject to hydrolysis) is 1. The number of nitrogens with one attached hydrogen (secondary N) is 2. The first kappa shape index (κ1) is 27.3. The lowest BCUT2D eigenvalue weighted by atomic mass is 10.1. The summed E-state index contributed by atoms with van der Waals surface area (Å²) in [6, 6.07) is 9.59. The first-order valence-electron chi connectivity index (χ1n) is 10.4. The topological polar surface area (TPSA) is 220 Å². The van der Waals surface area contributed by atoms with Crippen molar-refractivity contribution in [3.63, 3.8) is 0 Å². The van der Waals surface area contributed by atoms with Crippen LogP contribution >= 0.6 is 0 Å². The molecule has 0 radical (unpaired) electrons. The SMILES string of the molecule is CCNC(=O)OCOc1ccccc1N.NCCCCC(N)C(=O)Nc1ccc(N)c(N)n1. The van der Waals surface area contributed by atoms with Crippen LogP contribution in [0.25, 0.3) is 0 Å². The monoisotopic (exact) mass is 462 g/mol. The fourth-order valence-electron chi connectivity index (χ4n) is 2.37. The van der Waals surface area contributed by atoms with Gasteiger partial charge in [-0.25, -0.2) is 9.78 Å². The van der Waals surface area contributed by atoms with E-state index in [0.717, 1.165) is 12.8 Å². The van der Waals surface area contributed by atoms with Crippen molar-refractivity contribution in [1.29, 1.82) is 0 Å². The highest BCUT2D eigenvalue weighted by molar-refractivity contribution is 5.94. The van der Waals surface area contributed by atoms with Crippen LogP contribution in [-0.2, 0) is 9.53 Å². The third-order valence-electron chi connectivity index (χ3n) is 4.16. The lowest BCUT2D eigenvalue weighted by molar-refractivity contribution is -0.117. The molecule has 0 saturated carbocycles. The van der Waals surface area contributed by atoms with Gasteiger partial charge in [0, 0.05) is 6.54 Å². The number of hydrogen-bond donors (Lipinski definition) is 7. The van der Waals surface area contributed by atoms with E-state index in [0.29, 0.717) is 42.5 Å². The van der Waals surface area contributed by atoms with Gasteiger partial charge in [0.05, 0.1) is 17.4 Å². The molecule has 1 unspecified atom stereocenters. The van der Waals surface area contributed by atoms with Crippen molar-refractivity contribution in [2.24, 2.45) is 11.5 Å². The Hall–Kier alpha value is -3.77. The molecule has 0 fully saturated rings. The highest BCUT2D eigenvalue weighted by Gasteiger charge is 2.13. The number of para-hydroxylation sites is 2. The van der Waals surface area contributed by atoms with Gasteiger partial charge in [0.1, 0.15) is 17.4 Å². The van der Waals surface area contributed by atoms with Crippen molar-refractivity contribution in [1.82, 2.24) is 10.3 Å². The number of rotatable bonds is 10. The van der Waals surface area contributed by atoms with Gasteiger partial charge in [-0.1, -0.05) is 18.6 Å². The van der Waals surface area contributed by atoms with Gasteiger partial charge in [-0.15, -0.1) is 0 Å². The number of nitrogens with two attached hydrogens (primary N) is 5. The molecule has 0 aliphatic rings. The molecule has 33 heavy (non-hydrogen) atoms. The summed E-state index contributed by atoms with van der Waals surface area (Å²) in [6.07, 6.45) is 1.76. The molecule has 1 aromatic carbocycles. The molecular weight excluding hydrogens is 428 g/mol. The maximum atomic E-state index is 11.7. The number of carbonyl (C=O) groups is 2. The van der Waals surface area contributed by atoms with Crippen LogP contribution in [0, 0.1) is 0 Å². The zero-order valence-corrected chi connectivity index (χ0v) is 18.8. The Morgan fingerprint density at radius 2 is 1.79 bits per heavy atom. The van der Waals surface area contributed by atoms with Crippen molar-refractivity contribution in [2.75, 3.05) is 42.4 Å². The summed E-state index contributed by atoms with van der Waals surface area (Å²) >= 11 is 0. The van der Waals surface area contributed by atoms with E-state index in [1.54, 1.807) is 43.3 Å². The molecule has 0 saturated heterocycles. The minimum absolute atomic E-state index is 0.153. The van der Waals surface area contributed by atoms with Crippen LogP contribution in [0.3, 0.4) is 0 Å². The summed E-state index contributed by atoms with van der Waals surface area (Å²) in [5.74, 6) is 0.746. The van der Waals surface area contributed by atoms with Gasteiger partial charge in [0.15, 0.2) is 0 Å². The number of ether oxygens (including phenoxy) is 2. The number of anilines is 4. The van der Waals surface area contributed by atoms with Gasteiger partial charge in [-0.2, -0.15) is 0 Å². The maximum Gasteiger partial charge on any atom is 0.410 e. The van der Waals surface area contributed by atoms with Crippen LogP contribution in [-0.4, -0.2) is 42.9 Å². The zero-order chi connectivity index (χ0) is 24.6. The number of amides is 2. The minimum Gasteiger partial charge on any atom is -0.455 e. The largest absolute Gasteiger partial charge is 0.455 e. The molecule has 0 aliphatic heterocycles. The first-order valence-corrected chi connectivity index (χ1v) is 10.4. The van der Waals surface area contributed by atoms with E-state index in [9.17, 15) is 9.59 Å². The van der Waals surface area contributed by atoms with Crippen LogP contribution < -0.4 is 44.0 Å². The fraction of sp³-hybridized carbons (Fsp3) is 0.381. The number of nitrogen functional groups attached to an aromatic ring is 3. The minimum atomic E-state index is -0.572. The smallest absolute Gasteiger partial charge is 0.410 e. The van der Waals surface area contributed by atoms with Crippen molar-refractivity contribution in [2.45, 2.75) is 32.2 Å². The Bertz CT molecular complexity index is 881. The summed E-state index contributed by atoms with van der Waals surface area (Å²) in [4.78, 5) is 26.5. The number of hydrogen-bond acceptors (Lipinski definition) is 10. The van der Waals surface area contributed by atoms with E-state index in [1.165, 1.54) is 0 Å². The number of pyridine rings is 1. The van der Waals surface area contributed by atoms with Gasteiger partial charge in [-0.3, -0.25) is 4.79 Å². The van der Waals surface area contributed by atoms with Crippen molar-refractivity contribution in [3.05, 3.63) is 36.4 Å². The van der Waals surface area contributed by atoms with E-state index in [1.807, 2.05) is 0 Å². The average molecular weight is 463 g/mol. The Morgan fingerprint density at radius 3 is 2.42 bits per heavy atom. The summed E-state index contributed by atoms with van der Waals surface area (Å²) < 4.78 is 9.86. The Labute approximate surface area is 193 Å². The van der Waals surface area contributed by atoms with Crippen LogP contribution in [0.2, 0.25) is 0 Å². The summed E-state index contributed by atoms with van der Waals surface area (Å²) in [6.45, 7) is 2.77. The standard InChI is InChI=1S/C11H20N6O.C10H14N2O3/c12-6-2-1-3-8(14)11(18)17-9-5-4-7(13)10(15)16-9;1-2-12-10(13)15-7-14-9-6-4-3-5-8(9)11/h4-5,8H,1-3,6,12-14H2,(H3,15,16,17,18);3-6H,2,7,11H2,1H3,(H,12,13). The highest BCUT2D eigenvalue weighted by Crippen LogP contribution is 2.19. The maximum absolute atomic E-state index is 11.7. The van der Waals surface area contributed by atoms with E-state index in [-0.39, 0.29) is 18.5 Å². The van der Waals surface area contributed by atoms with E-state index < -0.39 is 12.1 Å². The second-order valence-electron chi connectivity index (χ2n) is 6.81. The molecule has 2 rings (SSSR count). The third kappa shape index (κ3) is 10.9. The second kappa shape index (κ2) is 15.1. The van der Waals surface area contributed by atoms with Crippen LogP contribution in [0.4, 0.5) is 27.8 Å². The molecule has 182 valence electrons. The summed E-state index contributed by atoms with van der Waals surface area (Å²) in [5, 5.41) is 5.07. The van der Waals surface area contributed by atoms with Crippen molar-refractivity contribution in [3.8, 4) is 5.75 Å². The molecule has 1 heterocycles. The Balaban J connectivity index is 0.000000335. The Morgan fingerprint density at radius 1 is 1.06 bits per heavy atom. The van der Waals surface area contributed by atoms with Crippen LogP contribution in [0.1, 0.15) is 26.2 Å². The normalized spacial score (nSPS) is 10.9. The molecule has 12 N–H and O–H groups in total.